The summed E-state index contributed by atoms with van der Waals surface area (Å²) in [5.74, 6) is 0.345. The number of piperidine rings is 1. The fraction of sp³-hybridized carbons (Fsp3) is 0.500. The Labute approximate surface area is 227 Å². The number of hydrogen-bond donors (Lipinski definition) is 1. The monoisotopic (exact) mass is 595 g/mol. The van der Waals surface area contributed by atoms with Crippen molar-refractivity contribution in [2.45, 2.75) is 35.0 Å². The molecular weight excluding hydrogens is 562 g/mol. The van der Waals surface area contributed by atoms with E-state index in [1.807, 2.05) is 24.3 Å². The fourth-order valence-electron chi connectivity index (χ4n) is 4.76. The molecule has 0 saturated carbocycles. The Morgan fingerprint density at radius 2 is 1.75 bits per heavy atom. The van der Waals surface area contributed by atoms with Crippen molar-refractivity contribution in [3.05, 3.63) is 52.5 Å². The van der Waals surface area contributed by atoms with Crippen LogP contribution < -0.4 is 5.32 Å². The van der Waals surface area contributed by atoms with Crippen LogP contribution in [0.1, 0.15) is 30.6 Å². The van der Waals surface area contributed by atoms with Crippen molar-refractivity contribution in [1.29, 1.82) is 0 Å². The number of sulfonamides is 1. The molecule has 196 valence electrons. The number of nitrogens with zero attached hydrogens (tertiary/aromatic N) is 2. The molecule has 0 unspecified atom stereocenters. The summed E-state index contributed by atoms with van der Waals surface area (Å²) in [6, 6.07) is 12.8. The molecule has 0 aliphatic carbocycles. The van der Waals surface area contributed by atoms with Gasteiger partial charge in [-0.25, -0.2) is 8.42 Å². The van der Waals surface area contributed by atoms with Gasteiger partial charge in [-0.1, -0.05) is 41.5 Å². The first kappa shape index (κ1) is 27.6. The number of carbonyl (C=O) groups is 1. The minimum absolute atomic E-state index is 0.169. The molecule has 4 rings (SSSR count). The van der Waals surface area contributed by atoms with Gasteiger partial charge >= 0.3 is 0 Å². The van der Waals surface area contributed by atoms with Gasteiger partial charge in [0.05, 0.1) is 23.7 Å². The van der Waals surface area contributed by atoms with Crippen LogP contribution in [0.5, 0.6) is 0 Å². The maximum atomic E-state index is 13.5. The highest BCUT2D eigenvalue weighted by Gasteiger charge is 2.32. The number of hydrogen-bond acceptors (Lipinski definition) is 6. The number of amides is 1. The van der Waals surface area contributed by atoms with Crippen LogP contribution in [0.3, 0.4) is 0 Å². The van der Waals surface area contributed by atoms with Crippen molar-refractivity contribution in [2.75, 3.05) is 52.5 Å². The van der Waals surface area contributed by atoms with Crippen LogP contribution >= 0.6 is 27.7 Å². The van der Waals surface area contributed by atoms with Crippen LogP contribution in [0.2, 0.25) is 0 Å². The molecule has 0 radical (unpaired) electrons. The molecule has 2 saturated heterocycles. The molecule has 10 heteroatoms. The number of rotatable bonds is 8. The van der Waals surface area contributed by atoms with Gasteiger partial charge in [0.15, 0.2) is 0 Å². The van der Waals surface area contributed by atoms with Gasteiger partial charge in [-0.05, 0) is 60.7 Å². The second-order valence-electron chi connectivity index (χ2n) is 9.69. The van der Waals surface area contributed by atoms with Gasteiger partial charge in [-0.2, -0.15) is 4.31 Å². The van der Waals surface area contributed by atoms with E-state index in [2.05, 4.69) is 40.0 Å². The number of halogens is 1. The Morgan fingerprint density at radius 3 is 2.42 bits per heavy atom. The lowest BCUT2D eigenvalue weighted by molar-refractivity contribution is 0.0383. The van der Waals surface area contributed by atoms with Crippen molar-refractivity contribution in [1.82, 2.24) is 14.5 Å². The van der Waals surface area contributed by atoms with Crippen LogP contribution in [0.15, 0.2) is 61.6 Å². The lowest BCUT2D eigenvalue weighted by Crippen LogP contribution is -2.42. The summed E-state index contributed by atoms with van der Waals surface area (Å²) in [7, 11) is -3.70. The second kappa shape index (κ2) is 12.4. The molecule has 2 aromatic rings. The standard InChI is InChI=1S/C26H34BrN3O4S2/c1-19-15-20(2)18-30(17-19)36(32,33)23-7-8-25(35-22-5-3-21(27)4-6-22)24(16-23)26(31)28-9-10-29-11-13-34-14-12-29/h3-8,16,19-20H,9-15,17-18H2,1-2H3,(H,28,31)/t19-,20-/m1/s1. The minimum atomic E-state index is -3.70. The third-order valence-electron chi connectivity index (χ3n) is 6.53. The van der Waals surface area contributed by atoms with E-state index < -0.39 is 10.0 Å². The van der Waals surface area contributed by atoms with Crippen molar-refractivity contribution in [2.24, 2.45) is 11.8 Å². The molecule has 2 heterocycles. The topological polar surface area (TPSA) is 79.0 Å². The van der Waals surface area contributed by atoms with E-state index in [4.69, 9.17) is 4.74 Å². The minimum Gasteiger partial charge on any atom is -0.379 e. The first-order valence-electron chi connectivity index (χ1n) is 12.4. The highest BCUT2D eigenvalue weighted by molar-refractivity contribution is 9.10. The van der Waals surface area contributed by atoms with Gasteiger partial charge in [0.25, 0.3) is 5.91 Å². The average molecular weight is 597 g/mol. The summed E-state index contributed by atoms with van der Waals surface area (Å²) in [6.07, 6.45) is 1.02. The number of ether oxygens (including phenoxy) is 1. The zero-order valence-electron chi connectivity index (χ0n) is 20.8. The lowest BCUT2D eigenvalue weighted by atomic mass is 9.94. The molecule has 1 amide bonds. The van der Waals surface area contributed by atoms with E-state index in [1.165, 1.54) is 11.8 Å². The summed E-state index contributed by atoms with van der Waals surface area (Å²) in [6.45, 7) is 9.50. The zero-order valence-corrected chi connectivity index (χ0v) is 24.0. The van der Waals surface area contributed by atoms with E-state index in [-0.39, 0.29) is 10.8 Å². The van der Waals surface area contributed by atoms with E-state index >= 15 is 0 Å². The van der Waals surface area contributed by atoms with Gasteiger partial charge in [0.2, 0.25) is 10.0 Å². The van der Waals surface area contributed by atoms with Gasteiger partial charge in [-0.15, -0.1) is 0 Å². The van der Waals surface area contributed by atoms with E-state index in [9.17, 15) is 13.2 Å². The van der Waals surface area contributed by atoms with Gasteiger partial charge in [0.1, 0.15) is 0 Å². The molecule has 2 aromatic carbocycles. The molecule has 1 N–H and O–H groups in total. The Hall–Kier alpha value is -1.43. The van der Waals surface area contributed by atoms with E-state index in [1.54, 1.807) is 22.5 Å². The molecule has 36 heavy (non-hydrogen) atoms. The SMILES string of the molecule is C[C@@H]1C[C@@H](C)CN(S(=O)(=O)c2ccc(Sc3ccc(Br)cc3)c(C(=O)NCCN3CCOCC3)c2)C1. The predicted molar refractivity (Wildman–Crippen MR) is 146 cm³/mol. The van der Waals surface area contributed by atoms with E-state index in [0.29, 0.717) is 50.2 Å². The summed E-state index contributed by atoms with van der Waals surface area (Å²) in [4.78, 5) is 17.4. The maximum absolute atomic E-state index is 13.5. The van der Waals surface area contributed by atoms with Crippen molar-refractivity contribution in [3.63, 3.8) is 0 Å². The Morgan fingerprint density at radius 1 is 1.08 bits per heavy atom. The third-order valence-corrected chi connectivity index (χ3v) is 9.97. The number of nitrogens with one attached hydrogen (secondary N) is 1. The van der Waals surface area contributed by atoms with Crippen molar-refractivity contribution < 1.29 is 17.9 Å². The summed E-state index contributed by atoms with van der Waals surface area (Å²) >= 11 is 4.90. The normalized spacial score (nSPS) is 21.9. The van der Waals surface area contributed by atoms with Crippen LogP contribution in [0.25, 0.3) is 0 Å². The summed E-state index contributed by atoms with van der Waals surface area (Å²) < 4.78 is 35.0. The Balaban J connectivity index is 1.57. The summed E-state index contributed by atoms with van der Waals surface area (Å²) in [5.41, 5.74) is 0.379. The molecular formula is C26H34BrN3O4S2. The summed E-state index contributed by atoms with van der Waals surface area (Å²) in [5, 5.41) is 3.00. The number of carbonyl (C=O) groups excluding carboxylic acids is 1. The first-order valence-corrected chi connectivity index (χ1v) is 15.4. The molecule has 0 bridgehead atoms. The maximum Gasteiger partial charge on any atom is 0.252 e. The van der Waals surface area contributed by atoms with Crippen LogP contribution in [-0.4, -0.2) is 76.0 Å². The molecule has 2 fully saturated rings. The van der Waals surface area contributed by atoms with Gasteiger partial charge in [0, 0.05) is 53.5 Å². The van der Waals surface area contributed by atoms with Crippen molar-refractivity contribution >= 4 is 43.6 Å². The quantitative estimate of drug-likeness (QED) is 0.489. The highest BCUT2D eigenvalue weighted by atomic mass is 79.9. The Bertz CT molecular complexity index is 1140. The Kier molecular flexibility index (Phi) is 9.51. The molecule has 7 nitrogen and oxygen atoms in total. The predicted octanol–water partition coefficient (Wildman–Crippen LogP) is 4.33. The fourth-order valence-corrected chi connectivity index (χ4v) is 7.66. The largest absolute Gasteiger partial charge is 0.379 e. The smallest absolute Gasteiger partial charge is 0.252 e. The molecule has 2 atom stereocenters. The molecule has 0 spiro atoms. The molecule has 2 aliphatic heterocycles. The van der Waals surface area contributed by atoms with Crippen molar-refractivity contribution in [3.8, 4) is 0 Å². The third kappa shape index (κ3) is 7.11. The van der Waals surface area contributed by atoms with Crippen LogP contribution in [-0.2, 0) is 14.8 Å². The van der Waals surface area contributed by atoms with Gasteiger partial charge < -0.3 is 10.1 Å². The lowest BCUT2D eigenvalue weighted by Gasteiger charge is -2.34. The van der Waals surface area contributed by atoms with Gasteiger partial charge in [-0.3, -0.25) is 9.69 Å². The average Bonchev–Trinajstić information content (AvgIpc) is 2.85. The highest BCUT2D eigenvalue weighted by Crippen LogP contribution is 2.34. The zero-order chi connectivity index (χ0) is 25.7. The van der Waals surface area contributed by atoms with Crippen LogP contribution in [0, 0.1) is 11.8 Å². The second-order valence-corrected chi connectivity index (χ2v) is 13.7. The van der Waals surface area contributed by atoms with Crippen LogP contribution in [0.4, 0.5) is 0 Å². The molecule has 0 aromatic heterocycles. The molecule has 2 aliphatic rings. The number of morpholine rings is 1. The number of benzene rings is 2. The van der Waals surface area contributed by atoms with E-state index in [0.717, 1.165) is 40.3 Å². The first-order chi connectivity index (χ1) is 17.2.